The highest BCUT2D eigenvalue weighted by molar-refractivity contribution is 5.99. The van der Waals surface area contributed by atoms with Crippen LogP contribution >= 0.6 is 0 Å². The van der Waals surface area contributed by atoms with Gasteiger partial charge in [-0.1, -0.05) is 60.7 Å². The van der Waals surface area contributed by atoms with E-state index in [1.165, 1.54) is 6.07 Å². The first kappa shape index (κ1) is 24.8. The molecule has 0 saturated heterocycles. The fraction of sp³-hybridized carbons (Fsp3) is 0.133. The average Bonchev–Trinajstić information content (AvgIpc) is 3.29. The van der Waals surface area contributed by atoms with Gasteiger partial charge in [-0.3, -0.25) is 10.00 Å². The molecule has 0 spiro atoms. The van der Waals surface area contributed by atoms with Crippen molar-refractivity contribution in [2.45, 2.75) is 19.7 Å². The fourth-order valence-electron chi connectivity index (χ4n) is 4.08. The molecule has 2 amide bonds. The van der Waals surface area contributed by atoms with Crippen LogP contribution < -0.4 is 20.1 Å². The molecule has 0 aliphatic carbocycles. The van der Waals surface area contributed by atoms with Gasteiger partial charge in [-0.15, -0.1) is 0 Å². The maximum absolute atomic E-state index is 13.9. The van der Waals surface area contributed by atoms with Crippen molar-refractivity contribution >= 4 is 22.8 Å². The van der Waals surface area contributed by atoms with Gasteiger partial charge in [0.2, 0.25) is 0 Å². The van der Waals surface area contributed by atoms with Gasteiger partial charge in [-0.2, -0.15) is 5.10 Å². The van der Waals surface area contributed by atoms with Gasteiger partial charge >= 0.3 is 6.03 Å². The van der Waals surface area contributed by atoms with E-state index in [1.807, 2.05) is 77.5 Å². The first-order chi connectivity index (χ1) is 18.6. The number of anilines is 1. The second-order valence-corrected chi connectivity index (χ2v) is 8.71. The van der Waals surface area contributed by atoms with Crippen molar-refractivity contribution < 1.29 is 18.7 Å². The zero-order chi connectivity index (χ0) is 26.3. The molecule has 0 aliphatic heterocycles. The molecule has 0 radical (unpaired) electrons. The number of nitrogens with zero attached hydrogens (tertiary/aromatic N) is 2. The normalized spacial score (nSPS) is 10.8. The molecule has 0 fully saturated rings. The molecule has 7 nitrogen and oxygen atoms in total. The largest absolute Gasteiger partial charge is 0.497 e. The molecule has 2 N–H and O–H groups in total. The molecule has 5 aromatic rings. The molecule has 4 aromatic carbocycles. The van der Waals surface area contributed by atoms with Gasteiger partial charge in [-0.25, -0.2) is 9.18 Å². The minimum atomic E-state index is -0.455. The Kier molecular flexibility index (Phi) is 7.49. The molecule has 192 valence electrons. The number of carbonyl (C=O) groups excluding carboxylic acids is 1. The van der Waals surface area contributed by atoms with Crippen molar-refractivity contribution in [2.24, 2.45) is 0 Å². The van der Waals surface area contributed by atoms with Crippen LogP contribution in [0.4, 0.5) is 15.0 Å². The molecule has 0 saturated carbocycles. The van der Waals surface area contributed by atoms with E-state index < -0.39 is 6.03 Å². The van der Waals surface area contributed by atoms with Crippen LogP contribution in [0.15, 0.2) is 97.1 Å². The summed E-state index contributed by atoms with van der Waals surface area (Å²) in [5, 5.41) is 11.0. The number of halogens is 1. The van der Waals surface area contributed by atoms with Gasteiger partial charge in [0.15, 0.2) is 5.82 Å². The third-order valence-electron chi connectivity index (χ3n) is 6.09. The standard InChI is InChI=1S/C30H27FN4O3/c1-37-24-8-6-9-25(17-24)38-20-22-15-13-21(14-16-22)19-35-28-12-5-3-10-26(28)29(34-35)33-30(36)32-18-23-7-2-4-11-27(23)31/h2-17H,18-20H2,1H3,(H2,32,33,34,36). The molecule has 0 unspecified atom stereocenters. The van der Waals surface area contributed by atoms with Crippen molar-refractivity contribution in [3.8, 4) is 11.5 Å². The van der Waals surface area contributed by atoms with E-state index in [1.54, 1.807) is 25.3 Å². The molecule has 38 heavy (non-hydrogen) atoms. The Morgan fingerprint density at radius 1 is 0.895 bits per heavy atom. The Morgan fingerprint density at radius 2 is 1.63 bits per heavy atom. The van der Waals surface area contributed by atoms with Crippen LogP contribution in [0.1, 0.15) is 16.7 Å². The molecular formula is C30H27FN4O3. The Hall–Kier alpha value is -4.85. The Labute approximate surface area is 219 Å². The van der Waals surface area contributed by atoms with E-state index >= 15 is 0 Å². The summed E-state index contributed by atoms with van der Waals surface area (Å²) in [6, 6.07) is 29.2. The lowest BCUT2D eigenvalue weighted by molar-refractivity contribution is 0.251. The van der Waals surface area contributed by atoms with E-state index in [-0.39, 0.29) is 12.4 Å². The summed E-state index contributed by atoms with van der Waals surface area (Å²) in [5.41, 5.74) is 3.40. The van der Waals surface area contributed by atoms with Crippen molar-refractivity contribution in [3.63, 3.8) is 0 Å². The second-order valence-electron chi connectivity index (χ2n) is 8.71. The third kappa shape index (κ3) is 5.92. The number of methoxy groups -OCH3 is 1. The van der Waals surface area contributed by atoms with Crippen molar-refractivity contribution in [3.05, 3.63) is 120 Å². The minimum Gasteiger partial charge on any atom is -0.497 e. The second kappa shape index (κ2) is 11.5. The summed E-state index contributed by atoms with van der Waals surface area (Å²) in [6.07, 6.45) is 0. The van der Waals surface area contributed by atoms with Crippen LogP contribution in [0.2, 0.25) is 0 Å². The van der Waals surface area contributed by atoms with Crippen LogP contribution in [0.5, 0.6) is 11.5 Å². The molecule has 0 bridgehead atoms. The van der Waals surface area contributed by atoms with Crippen LogP contribution in [0.25, 0.3) is 10.9 Å². The lowest BCUT2D eigenvalue weighted by Crippen LogP contribution is -2.28. The monoisotopic (exact) mass is 510 g/mol. The number of hydrogen-bond acceptors (Lipinski definition) is 4. The van der Waals surface area contributed by atoms with Crippen molar-refractivity contribution in [2.75, 3.05) is 12.4 Å². The average molecular weight is 511 g/mol. The number of fused-ring (bicyclic) bond motifs is 1. The Bertz CT molecular complexity index is 1550. The number of amides is 2. The van der Waals surface area contributed by atoms with Crippen LogP contribution in [0, 0.1) is 5.82 Å². The molecule has 8 heteroatoms. The number of nitrogens with one attached hydrogen (secondary N) is 2. The maximum atomic E-state index is 13.9. The molecule has 5 rings (SSSR count). The van der Waals surface area contributed by atoms with Gasteiger partial charge in [0, 0.05) is 23.6 Å². The van der Waals surface area contributed by atoms with E-state index in [4.69, 9.17) is 9.47 Å². The zero-order valence-corrected chi connectivity index (χ0v) is 20.9. The summed E-state index contributed by atoms with van der Waals surface area (Å²) in [6.45, 7) is 1.04. The number of rotatable bonds is 9. The van der Waals surface area contributed by atoms with E-state index in [0.717, 1.165) is 33.5 Å². The first-order valence-corrected chi connectivity index (χ1v) is 12.2. The predicted molar refractivity (Wildman–Crippen MR) is 145 cm³/mol. The highest BCUT2D eigenvalue weighted by Gasteiger charge is 2.13. The van der Waals surface area contributed by atoms with Gasteiger partial charge in [0.1, 0.15) is 23.9 Å². The smallest absolute Gasteiger partial charge is 0.320 e. The molecule has 0 atom stereocenters. The van der Waals surface area contributed by atoms with E-state index in [2.05, 4.69) is 15.7 Å². The fourth-order valence-corrected chi connectivity index (χ4v) is 4.08. The van der Waals surface area contributed by atoms with Crippen LogP contribution in [0.3, 0.4) is 0 Å². The summed E-state index contributed by atoms with van der Waals surface area (Å²) >= 11 is 0. The molecule has 1 aromatic heterocycles. The van der Waals surface area contributed by atoms with Crippen molar-refractivity contribution in [1.82, 2.24) is 15.1 Å². The summed E-state index contributed by atoms with van der Waals surface area (Å²) in [4.78, 5) is 12.5. The van der Waals surface area contributed by atoms with Crippen molar-refractivity contribution in [1.29, 1.82) is 0 Å². The van der Waals surface area contributed by atoms with Gasteiger partial charge in [0.05, 0.1) is 19.2 Å². The number of aromatic nitrogens is 2. The lowest BCUT2D eigenvalue weighted by Gasteiger charge is -2.09. The highest BCUT2D eigenvalue weighted by atomic mass is 19.1. The summed E-state index contributed by atoms with van der Waals surface area (Å²) in [5.74, 6) is 1.57. The quantitative estimate of drug-likeness (QED) is 0.250. The number of urea groups is 1. The number of para-hydroxylation sites is 1. The first-order valence-electron chi connectivity index (χ1n) is 12.2. The Morgan fingerprint density at radius 3 is 2.45 bits per heavy atom. The Balaban J connectivity index is 1.24. The number of hydrogen-bond donors (Lipinski definition) is 2. The summed E-state index contributed by atoms with van der Waals surface area (Å²) in [7, 11) is 1.63. The van der Waals surface area contributed by atoms with Crippen LogP contribution in [-0.2, 0) is 19.7 Å². The van der Waals surface area contributed by atoms with Gasteiger partial charge in [0.25, 0.3) is 0 Å². The lowest BCUT2D eigenvalue weighted by atomic mass is 10.1. The minimum absolute atomic E-state index is 0.0744. The van der Waals surface area contributed by atoms with Gasteiger partial charge in [-0.05, 0) is 41.5 Å². The van der Waals surface area contributed by atoms with Gasteiger partial charge < -0.3 is 14.8 Å². The topological polar surface area (TPSA) is 77.4 Å². The van der Waals surface area contributed by atoms with Crippen LogP contribution in [-0.4, -0.2) is 22.9 Å². The zero-order valence-electron chi connectivity index (χ0n) is 20.9. The van der Waals surface area contributed by atoms with E-state index in [0.29, 0.717) is 24.5 Å². The maximum Gasteiger partial charge on any atom is 0.320 e. The number of carbonyl (C=O) groups is 1. The molecular weight excluding hydrogens is 483 g/mol. The summed E-state index contributed by atoms with van der Waals surface area (Å²) < 4.78 is 26.8. The SMILES string of the molecule is COc1cccc(OCc2ccc(Cn3nc(NC(=O)NCc4ccccc4F)c4ccccc43)cc2)c1. The third-order valence-corrected chi connectivity index (χ3v) is 6.09. The predicted octanol–water partition coefficient (Wildman–Crippen LogP) is 6.13. The molecule has 0 aliphatic rings. The highest BCUT2D eigenvalue weighted by Crippen LogP contribution is 2.24. The van der Waals surface area contributed by atoms with E-state index in [9.17, 15) is 9.18 Å². The number of benzene rings is 4. The number of ether oxygens (including phenoxy) is 2. The molecule has 1 heterocycles.